The van der Waals surface area contributed by atoms with Crippen LogP contribution in [0.4, 0.5) is 9.59 Å². The molecule has 0 aromatic rings. The normalized spacial score (nSPS) is 25.3. The summed E-state index contributed by atoms with van der Waals surface area (Å²) in [5.74, 6) is -0.812. The van der Waals surface area contributed by atoms with Crippen molar-refractivity contribution >= 4 is 12.2 Å². The molecule has 1 aliphatic rings. The first-order valence-corrected chi connectivity index (χ1v) is 14.6. The summed E-state index contributed by atoms with van der Waals surface area (Å²) in [6.07, 6.45) is 6.82. The summed E-state index contributed by atoms with van der Waals surface area (Å²) in [6.45, 7) is 16.1. The van der Waals surface area contributed by atoms with Crippen molar-refractivity contribution in [3.63, 3.8) is 0 Å². The number of primary amides is 1. The summed E-state index contributed by atoms with van der Waals surface area (Å²) >= 11 is 0. The lowest BCUT2D eigenvalue weighted by Crippen LogP contribution is -2.45. The lowest BCUT2D eigenvalue weighted by molar-refractivity contribution is -0.0266. The highest BCUT2D eigenvalue weighted by Crippen LogP contribution is 2.29. The van der Waals surface area contributed by atoms with Gasteiger partial charge in [0, 0.05) is 42.6 Å². The molecule has 0 aliphatic carbocycles. The highest BCUT2D eigenvalue weighted by molar-refractivity contribution is 5.68. The number of hydrogen-bond acceptors (Lipinski definition) is 7. The Morgan fingerprint density at radius 1 is 1.07 bits per heavy atom. The van der Waals surface area contributed by atoms with Crippen molar-refractivity contribution in [1.82, 2.24) is 5.32 Å². The smallest absolute Gasteiger partial charge is 0.407 e. The van der Waals surface area contributed by atoms with Gasteiger partial charge in [0.2, 0.25) is 0 Å². The molecule has 0 unspecified atom stereocenters. The van der Waals surface area contributed by atoms with E-state index in [9.17, 15) is 24.9 Å². The Bertz CT molecular complexity index is 874. The fourth-order valence-electron chi connectivity index (χ4n) is 5.41. The third-order valence-electron chi connectivity index (χ3n) is 7.93. The second kappa shape index (κ2) is 17.5. The van der Waals surface area contributed by atoms with E-state index in [0.717, 1.165) is 12.0 Å². The highest BCUT2D eigenvalue weighted by Gasteiger charge is 2.33. The van der Waals surface area contributed by atoms with Gasteiger partial charge in [-0.25, -0.2) is 9.59 Å². The average Bonchev–Trinajstić information content (AvgIpc) is 2.89. The predicted octanol–water partition coefficient (Wildman–Crippen LogP) is 4.71. The summed E-state index contributed by atoms with van der Waals surface area (Å²) in [6, 6.07) is 0. The zero-order chi connectivity index (χ0) is 30.6. The number of carbonyl (C=O) groups excluding carboxylic acids is 2. The van der Waals surface area contributed by atoms with Crippen molar-refractivity contribution in [2.45, 2.75) is 105 Å². The maximum atomic E-state index is 11.5. The highest BCUT2D eigenvalue weighted by atomic mass is 16.6. The van der Waals surface area contributed by atoms with Crippen molar-refractivity contribution in [2.24, 2.45) is 41.2 Å². The molecule has 0 radical (unpaired) electrons. The first-order chi connectivity index (χ1) is 18.7. The molecule has 40 heavy (non-hydrogen) atoms. The molecule has 11 atom stereocenters. The molecule has 230 valence electrons. The summed E-state index contributed by atoms with van der Waals surface area (Å²) < 4.78 is 10.7. The summed E-state index contributed by atoms with van der Waals surface area (Å²) in [5.41, 5.74) is 6.35. The van der Waals surface area contributed by atoms with Crippen LogP contribution in [0, 0.1) is 35.5 Å². The quantitative estimate of drug-likeness (QED) is 0.170. The van der Waals surface area contributed by atoms with E-state index in [1.165, 1.54) is 0 Å². The number of carbonyl (C=O) groups is 2. The van der Waals surface area contributed by atoms with Crippen molar-refractivity contribution in [2.75, 3.05) is 6.54 Å². The zero-order valence-electron chi connectivity index (χ0n) is 25.6. The van der Waals surface area contributed by atoms with Crippen LogP contribution in [0.25, 0.3) is 0 Å². The van der Waals surface area contributed by atoms with Gasteiger partial charge in [0.25, 0.3) is 0 Å². The lowest BCUT2D eigenvalue weighted by atomic mass is 9.81. The van der Waals surface area contributed by atoms with Gasteiger partial charge >= 0.3 is 12.2 Å². The molecule has 0 bridgehead atoms. The van der Waals surface area contributed by atoms with Crippen molar-refractivity contribution in [1.29, 1.82) is 0 Å². The Balaban J connectivity index is 2.73. The number of aliphatic hydroxyl groups excluding tert-OH is 3. The minimum Gasteiger partial charge on any atom is -0.446 e. The Hall–Kier alpha value is -2.36. The topological polar surface area (TPSA) is 151 Å². The van der Waals surface area contributed by atoms with E-state index in [-0.39, 0.29) is 41.6 Å². The van der Waals surface area contributed by atoms with Crippen LogP contribution < -0.4 is 11.1 Å². The number of cyclic esters (lactones) is 1. The number of nitrogens with two attached hydrogens (primary N) is 1. The van der Waals surface area contributed by atoms with E-state index < -0.39 is 36.6 Å². The average molecular weight is 567 g/mol. The number of aliphatic hydroxyl groups is 3. The molecule has 0 saturated carbocycles. The van der Waals surface area contributed by atoms with Gasteiger partial charge in [0.15, 0.2) is 0 Å². The van der Waals surface area contributed by atoms with Gasteiger partial charge in [0.05, 0.1) is 18.3 Å². The van der Waals surface area contributed by atoms with Crippen LogP contribution in [0.5, 0.6) is 0 Å². The molecular weight excluding hydrogens is 512 g/mol. The van der Waals surface area contributed by atoms with Crippen LogP contribution in [0.3, 0.4) is 0 Å². The molecule has 0 aromatic carbocycles. The van der Waals surface area contributed by atoms with Gasteiger partial charge < -0.3 is 35.8 Å². The number of amides is 2. The van der Waals surface area contributed by atoms with Crippen LogP contribution >= 0.6 is 0 Å². The van der Waals surface area contributed by atoms with Crippen LogP contribution in [0.15, 0.2) is 36.0 Å². The largest absolute Gasteiger partial charge is 0.446 e. The minimum absolute atomic E-state index is 0.0951. The van der Waals surface area contributed by atoms with E-state index in [1.54, 1.807) is 12.2 Å². The number of ether oxygens (including phenoxy) is 2. The first-order valence-electron chi connectivity index (χ1n) is 14.6. The van der Waals surface area contributed by atoms with E-state index in [2.05, 4.69) is 5.32 Å². The first kappa shape index (κ1) is 35.7. The van der Waals surface area contributed by atoms with E-state index in [0.29, 0.717) is 19.4 Å². The molecular formula is C31H54N2O7. The van der Waals surface area contributed by atoms with E-state index in [4.69, 9.17) is 15.2 Å². The fourth-order valence-corrected chi connectivity index (χ4v) is 5.41. The SMILES string of the molecule is CC/C=C\[C@H](C)[C@H](OC(N)=O)[C@@H](C)[C@H](O)[C@@H](C)C/C(C)=C\[C@H](C)[C@@H](O)[C@@H](C)/C=C\[C@@H](O)C[C@@H]1OC(=O)NC[C@H]1C. The van der Waals surface area contributed by atoms with Crippen molar-refractivity contribution in [3.05, 3.63) is 36.0 Å². The number of rotatable bonds is 16. The molecule has 1 heterocycles. The van der Waals surface area contributed by atoms with E-state index in [1.807, 2.05) is 73.6 Å². The molecule has 9 nitrogen and oxygen atoms in total. The third-order valence-corrected chi connectivity index (χ3v) is 7.93. The zero-order valence-corrected chi connectivity index (χ0v) is 25.6. The molecule has 1 saturated heterocycles. The van der Waals surface area contributed by atoms with Crippen LogP contribution in [-0.4, -0.2) is 64.6 Å². The van der Waals surface area contributed by atoms with Crippen LogP contribution in [0.2, 0.25) is 0 Å². The Morgan fingerprint density at radius 3 is 2.33 bits per heavy atom. The lowest BCUT2D eigenvalue weighted by Gasteiger charge is -2.33. The molecule has 6 N–H and O–H groups in total. The summed E-state index contributed by atoms with van der Waals surface area (Å²) in [7, 11) is 0. The number of nitrogens with one attached hydrogen (secondary N) is 1. The molecule has 0 aromatic heterocycles. The van der Waals surface area contributed by atoms with Gasteiger partial charge in [-0.1, -0.05) is 84.4 Å². The Labute approximate surface area is 240 Å². The standard InChI is InChI=1S/C31H54N2O7/c1-9-10-11-20(4)29(40-30(32)37)24(8)28(36)22(6)15-18(2)14-21(5)27(35)19(3)12-13-25(34)16-26-23(7)17-33-31(38)39-26/h10-14,19-29,34-36H,9,15-17H2,1-8H3,(H2,32,37)(H,33,38)/b11-10-,13-12-,18-14-/t19-,20-,21-,22-,23+,24-,25+,26-,27-,28+,29-/m0/s1. The monoisotopic (exact) mass is 566 g/mol. The molecule has 1 aliphatic heterocycles. The predicted molar refractivity (Wildman–Crippen MR) is 157 cm³/mol. The second-order valence-corrected chi connectivity index (χ2v) is 11.8. The fraction of sp³-hybridized carbons (Fsp3) is 0.742. The maximum Gasteiger partial charge on any atom is 0.407 e. The van der Waals surface area contributed by atoms with Gasteiger partial charge in [0.1, 0.15) is 12.2 Å². The molecule has 1 rings (SSSR count). The summed E-state index contributed by atoms with van der Waals surface area (Å²) in [5, 5.41) is 35.1. The number of alkyl carbamates (subject to hydrolysis) is 1. The molecule has 0 spiro atoms. The second-order valence-electron chi connectivity index (χ2n) is 11.8. The minimum atomic E-state index is -0.854. The van der Waals surface area contributed by atoms with Crippen LogP contribution in [0.1, 0.15) is 74.7 Å². The van der Waals surface area contributed by atoms with Crippen molar-refractivity contribution < 1.29 is 34.4 Å². The summed E-state index contributed by atoms with van der Waals surface area (Å²) in [4.78, 5) is 23.0. The van der Waals surface area contributed by atoms with Crippen molar-refractivity contribution in [3.8, 4) is 0 Å². The molecule has 1 fully saturated rings. The number of allylic oxidation sites excluding steroid dienone is 2. The molecule has 9 heteroatoms. The Morgan fingerprint density at radius 2 is 1.73 bits per heavy atom. The van der Waals surface area contributed by atoms with Gasteiger partial charge in [-0.05, 0) is 25.7 Å². The molecule has 2 amide bonds. The number of hydrogen-bond donors (Lipinski definition) is 5. The van der Waals surface area contributed by atoms with Crippen LogP contribution in [-0.2, 0) is 9.47 Å². The maximum absolute atomic E-state index is 11.5. The van der Waals surface area contributed by atoms with E-state index >= 15 is 0 Å². The Kier molecular flexibility index (Phi) is 15.6. The third kappa shape index (κ3) is 12.0. The van der Waals surface area contributed by atoms with Gasteiger partial charge in [-0.15, -0.1) is 0 Å². The van der Waals surface area contributed by atoms with Gasteiger partial charge in [-0.3, -0.25) is 0 Å². The van der Waals surface area contributed by atoms with Gasteiger partial charge in [-0.2, -0.15) is 0 Å².